The van der Waals surface area contributed by atoms with Crippen LogP contribution in [-0.4, -0.2) is 40.0 Å². The van der Waals surface area contributed by atoms with Crippen LogP contribution in [0.2, 0.25) is 0 Å². The van der Waals surface area contributed by atoms with E-state index < -0.39 is 23.5 Å². The molecule has 1 unspecified atom stereocenters. The normalized spacial score (nSPS) is 12.7. The number of aliphatic carboxylic acids is 1. The molecule has 0 heterocycles. The summed E-state index contributed by atoms with van der Waals surface area (Å²) in [5.74, 6) is -2.21. The van der Waals surface area contributed by atoms with Crippen molar-refractivity contribution in [2.24, 2.45) is 5.92 Å². The van der Waals surface area contributed by atoms with Gasteiger partial charge in [-0.1, -0.05) is 77.0 Å². The fraction of sp³-hybridized carbons (Fsp3) is 0.875. The fourth-order valence-corrected chi connectivity index (χ4v) is 4.47. The van der Waals surface area contributed by atoms with E-state index in [1.54, 1.807) is 20.8 Å². The van der Waals surface area contributed by atoms with Gasteiger partial charge in [-0.3, -0.25) is 19.2 Å². The van der Waals surface area contributed by atoms with E-state index in [1.165, 1.54) is 57.8 Å². The van der Waals surface area contributed by atoms with Gasteiger partial charge in [0.2, 0.25) is 0 Å². The lowest BCUT2D eigenvalue weighted by atomic mass is 9.94. The maximum Gasteiger partial charge on any atom is 0.309 e. The van der Waals surface area contributed by atoms with Gasteiger partial charge in [0.1, 0.15) is 17.0 Å². The Balaban J connectivity index is 3.71. The first kappa shape index (κ1) is 37.1. The highest BCUT2D eigenvalue weighted by Crippen LogP contribution is 2.21. The van der Waals surface area contributed by atoms with Crippen LogP contribution in [0, 0.1) is 5.92 Å². The lowest BCUT2D eigenvalue weighted by Gasteiger charge is -2.23. The monoisotopic (exact) mass is 554 g/mol. The number of carboxylic acid groups (broad SMARTS) is 1. The molecule has 39 heavy (non-hydrogen) atoms. The van der Waals surface area contributed by atoms with Crippen molar-refractivity contribution in [3.8, 4) is 0 Å². The quantitative estimate of drug-likeness (QED) is 0.0998. The molecular weight excluding hydrogens is 496 g/mol. The molecule has 0 fully saturated rings. The van der Waals surface area contributed by atoms with Crippen LogP contribution < -0.4 is 0 Å². The van der Waals surface area contributed by atoms with Crippen LogP contribution >= 0.6 is 0 Å². The molecule has 7 heteroatoms. The zero-order chi connectivity index (χ0) is 29.7. The van der Waals surface area contributed by atoms with Crippen LogP contribution in [0.15, 0.2) is 0 Å². The number of hydrogen-bond acceptors (Lipinski definition) is 6. The number of Topliss-reactive ketones (excluding diaryl/α,β-unsaturated/α-hetero) is 1. The zero-order valence-electron chi connectivity index (χ0n) is 25.9. The third-order valence-corrected chi connectivity index (χ3v) is 6.43. The molecule has 0 aliphatic heterocycles. The molecule has 0 rings (SSSR count). The number of esters is 2. The van der Waals surface area contributed by atoms with E-state index >= 15 is 0 Å². The molecular formula is C32H58O7. The first-order valence-electron chi connectivity index (χ1n) is 15.4. The van der Waals surface area contributed by atoms with Crippen LogP contribution in [0.5, 0.6) is 0 Å². The third kappa shape index (κ3) is 26.1. The summed E-state index contributed by atoms with van der Waals surface area (Å²) in [6, 6.07) is 0. The van der Waals surface area contributed by atoms with Gasteiger partial charge in [0, 0.05) is 25.7 Å². The van der Waals surface area contributed by atoms with Crippen molar-refractivity contribution in [1.29, 1.82) is 0 Å². The number of unbranched alkanes of at least 4 members (excludes halogenated alkanes) is 13. The predicted molar refractivity (Wildman–Crippen MR) is 156 cm³/mol. The Labute approximate surface area is 238 Å². The van der Waals surface area contributed by atoms with Gasteiger partial charge in [-0.15, -0.1) is 0 Å². The topological polar surface area (TPSA) is 107 Å². The van der Waals surface area contributed by atoms with E-state index in [-0.39, 0.29) is 36.6 Å². The Kier molecular flexibility index (Phi) is 19.9. The standard InChI is InChI=1S/C32H58O7/c1-31(2,3)38-29(36)22-20-18-16-14-12-10-8-7-9-11-13-15-17-19-21-27(33)25-26(23-24-28(34)35)30(37)39-32(4,5)6/h26H,7-25H2,1-6H3,(H,34,35). The molecule has 0 aromatic rings. The lowest BCUT2D eigenvalue weighted by Crippen LogP contribution is -2.30. The average Bonchev–Trinajstić information content (AvgIpc) is 2.79. The van der Waals surface area contributed by atoms with Gasteiger partial charge < -0.3 is 14.6 Å². The van der Waals surface area contributed by atoms with Gasteiger partial charge in [-0.2, -0.15) is 0 Å². The summed E-state index contributed by atoms with van der Waals surface area (Å²) in [6.45, 7) is 11.0. The molecule has 0 radical (unpaired) electrons. The summed E-state index contributed by atoms with van der Waals surface area (Å²) in [4.78, 5) is 47.4. The summed E-state index contributed by atoms with van der Waals surface area (Å²) >= 11 is 0. The van der Waals surface area contributed by atoms with Gasteiger partial charge >= 0.3 is 17.9 Å². The Hall–Kier alpha value is -1.92. The highest BCUT2D eigenvalue weighted by molar-refractivity contribution is 5.84. The molecule has 0 spiro atoms. The first-order valence-corrected chi connectivity index (χ1v) is 15.4. The van der Waals surface area contributed by atoms with Crippen LogP contribution in [0.1, 0.15) is 164 Å². The fourth-order valence-electron chi connectivity index (χ4n) is 4.47. The summed E-state index contributed by atoms with van der Waals surface area (Å²) < 4.78 is 10.7. The van der Waals surface area contributed by atoms with Crippen LogP contribution in [0.25, 0.3) is 0 Å². The van der Waals surface area contributed by atoms with E-state index in [2.05, 4.69) is 0 Å². The molecule has 0 bridgehead atoms. The Bertz CT molecular complexity index is 700. The molecule has 0 aliphatic rings. The second-order valence-corrected chi connectivity index (χ2v) is 12.9. The van der Waals surface area contributed by atoms with Gasteiger partial charge in [-0.25, -0.2) is 0 Å². The predicted octanol–water partition coefficient (Wildman–Crippen LogP) is 8.35. The largest absolute Gasteiger partial charge is 0.481 e. The number of carbonyl (C=O) groups excluding carboxylic acids is 3. The first-order chi connectivity index (χ1) is 18.2. The molecule has 0 saturated carbocycles. The van der Waals surface area contributed by atoms with Crippen molar-refractivity contribution >= 4 is 23.7 Å². The minimum atomic E-state index is -0.972. The molecule has 1 atom stereocenters. The second-order valence-electron chi connectivity index (χ2n) is 12.9. The van der Waals surface area contributed by atoms with Crippen LogP contribution in [0.3, 0.4) is 0 Å². The van der Waals surface area contributed by atoms with Crippen molar-refractivity contribution in [1.82, 2.24) is 0 Å². The minimum absolute atomic E-state index is 0.0132. The molecule has 0 saturated heterocycles. The van der Waals surface area contributed by atoms with Crippen LogP contribution in [-0.2, 0) is 28.7 Å². The van der Waals surface area contributed by atoms with E-state index in [1.807, 2.05) is 20.8 Å². The molecule has 1 N–H and O–H groups in total. The Morgan fingerprint density at radius 3 is 1.33 bits per heavy atom. The highest BCUT2D eigenvalue weighted by atomic mass is 16.6. The van der Waals surface area contributed by atoms with Crippen molar-refractivity contribution in [3.05, 3.63) is 0 Å². The van der Waals surface area contributed by atoms with Crippen molar-refractivity contribution in [2.45, 2.75) is 175 Å². The Morgan fingerprint density at radius 1 is 0.564 bits per heavy atom. The average molecular weight is 555 g/mol. The second kappa shape index (κ2) is 20.9. The zero-order valence-corrected chi connectivity index (χ0v) is 25.9. The number of ether oxygens (including phenoxy) is 2. The molecule has 7 nitrogen and oxygen atoms in total. The van der Waals surface area contributed by atoms with E-state index in [0.717, 1.165) is 32.1 Å². The molecule has 0 amide bonds. The van der Waals surface area contributed by atoms with Gasteiger partial charge in [0.25, 0.3) is 0 Å². The lowest BCUT2D eigenvalue weighted by molar-refractivity contribution is -0.161. The SMILES string of the molecule is CC(C)(C)OC(=O)CCCCCCCCCCCCCCCCC(=O)CC(CCC(=O)O)C(=O)OC(C)(C)C. The number of hydrogen-bond donors (Lipinski definition) is 1. The number of carbonyl (C=O) groups is 4. The summed E-state index contributed by atoms with van der Waals surface area (Å²) in [7, 11) is 0. The summed E-state index contributed by atoms with van der Waals surface area (Å²) in [5.41, 5.74) is -1.05. The number of rotatable bonds is 23. The smallest absolute Gasteiger partial charge is 0.309 e. The van der Waals surface area contributed by atoms with E-state index in [0.29, 0.717) is 12.8 Å². The number of carboxylic acids is 1. The third-order valence-electron chi connectivity index (χ3n) is 6.43. The van der Waals surface area contributed by atoms with Gasteiger partial charge in [0.15, 0.2) is 0 Å². The van der Waals surface area contributed by atoms with E-state index in [9.17, 15) is 19.2 Å². The molecule has 228 valence electrons. The van der Waals surface area contributed by atoms with Crippen molar-refractivity contribution < 1.29 is 33.8 Å². The maximum atomic E-state index is 12.4. The molecule has 0 aliphatic carbocycles. The maximum absolute atomic E-state index is 12.4. The van der Waals surface area contributed by atoms with Gasteiger partial charge in [-0.05, 0) is 60.8 Å². The highest BCUT2D eigenvalue weighted by Gasteiger charge is 2.27. The van der Waals surface area contributed by atoms with Crippen molar-refractivity contribution in [3.63, 3.8) is 0 Å². The van der Waals surface area contributed by atoms with Crippen molar-refractivity contribution in [2.75, 3.05) is 0 Å². The Morgan fingerprint density at radius 2 is 0.949 bits per heavy atom. The summed E-state index contributed by atoms with van der Waals surface area (Å²) in [5, 5.41) is 8.95. The number of ketones is 1. The summed E-state index contributed by atoms with van der Waals surface area (Å²) in [6.07, 6.45) is 17.2. The minimum Gasteiger partial charge on any atom is -0.481 e. The van der Waals surface area contributed by atoms with E-state index in [4.69, 9.17) is 14.6 Å². The molecule has 0 aromatic carbocycles. The molecule has 0 aromatic heterocycles. The van der Waals surface area contributed by atoms with Crippen LogP contribution in [0.4, 0.5) is 0 Å². The van der Waals surface area contributed by atoms with Gasteiger partial charge in [0.05, 0.1) is 5.92 Å².